The summed E-state index contributed by atoms with van der Waals surface area (Å²) < 4.78 is 0. The van der Waals surface area contributed by atoms with Crippen molar-refractivity contribution in [2.45, 2.75) is 39.2 Å². The first kappa shape index (κ1) is 14.9. The van der Waals surface area contributed by atoms with Gasteiger partial charge < -0.3 is 5.32 Å². The van der Waals surface area contributed by atoms with Crippen molar-refractivity contribution >= 4 is 17.3 Å². The first-order valence-corrected chi connectivity index (χ1v) is 7.60. The highest BCUT2D eigenvalue weighted by Gasteiger charge is 2.09. The zero-order chi connectivity index (χ0) is 14.5. The van der Waals surface area contributed by atoms with Crippen molar-refractivity contribution in [2.75, 3.05) is 5.32 Å². The highest BCUT2D eigenvalue weighted by Crippen LogP contribution is 2.26. The number of hydrogen-bond donors (Lipinski definition) is 1. The number of benzene rings is 2. The van der Waals surface area contributed by atoms with Gasteiger partial charge in [0.05, 0.1) is 6.04 Å². The largest absolute Gasteiger partial charge is 0.378 e. The fourth-order valence-corrected chi connectivity index (χ4v) is 2.43. The van der Waals surface area contributed by atoms with Gasteiger partial charge in [0, 0.05) is 10.7 Å². The first-order chi connectivity index (χ1) is 9.60. The lowest BCUT2D eigenvalue weighted by molar-refractivity contribution is 0.748. The van der Waals surface area contributed by atoms with Gasteiger partial charge in [-0.15, -0.1) is 0 Å². The highest BCUT2D eigenvalue weighted by atomic mass is 35.5. The second kappa shape index (κ2) is 6.81. The number of anilines is 1. The van der Waals surface area contributed by atoms with Crippen molar-refractivity contribution in [3.8, 4) is 0 Å². The molecule has 0 aromatic heterocycles. The molecule has 0 radical (unpaired) electrons. The van der Waals surface area contributed by atoms with Crippen molar-refractivity contribution in [3.05, 3.63) is 64.7 Å². The summed E-state index contributed by atoms with van der Waals surface area (Å²) in [4.78, 5) is 0. The van der Waals surface area contributed by atoms with Crippen LogP contribution >= 0.6 is 11.6 Å². The second-order valence-electron chi connectivity index (χ2n) is 5.44. The van der Waals surface area contributed by atoms with E-state index in [1.54, 1.807) is 0 Å². The van der Waals surface area contributed by atoms with Gasteiger partial charge >= 0.3 is 0 Å². The van der Waals surface area contributed by atoms with E-state index < -0.39 is 0 Å². The third kappa shape index (κ3) is 3.77. The maximum atomic E-state index is 5.95. The summed E-state index contributed by atoms with van der Waals surface area (Å²) in [6.45, 7) is 6.63. The number of nitrogens with one attached hydrogen (secondary N) is 1. The molecule has 0 aliphatic heterocycles. The molecule has 0 saturated heterocycles. The van der Waals surface area contributed by atoms with Gasteiger partial charge in [0.15, 0.2) is 0 Å². The minimum absolute atomic E-state index is 0.315. The van der Waals surface area contributed by atoms with Crippen LogP contribution in [0.2, 0.25) is 5.02 Å². The van der Waals surface area contributed by atoms with Crippen molar-refractivity contribution in [2.24, 2.45) is 0 Å². The molecule has 0 aliphatic carbocycles. The van der Waals surface area contributed by atoms with Gasteiger partial charge in [0.2, 0.25) is 0 Å². The fourth-order valence-electron chi connectivity index (χ4n) is 2.30. The molecule has 106 valence electrons. The molecule has 0 saturated carbocycles. The normalized spacial score (nSPS) is 12.4. The number of hydrogen-bond acceptors (Lipinski definition) is 1. The standard InChI is InChI=1S/C18H22ClN/c1-4-18(14-8-10-16(19)11-9-14)20-17-7-5-6-15(12-17)13(2)3/h5-13,18,20H,4H2,1-3H3. The second-order valence-corrected chi connectivity index (χ2v) is 5.87. The van der Waals surface area contributed by atoms with Crippen LogP contribution in [-0.4, -0.2) is 0 Å². The zero-order valence-electron chi connectivity index (χ0n) is 12.4. The van der Waals surface area contributed by atoms with Crippen LogP contribution in [0.15, 0.2) is 48.5 Å². The molecule has 2 heteroatoms. The fraction of sp³-hybridized carbons (Fsp3) is 0.333. The molecule has 1 nitrogen and oxygen atoms in total. The molecule has 2 rings (SSSR count). The Balaban J connectivity index is 2.17. The van der Waals surface area contributed by atoms with E-state index >= 15 is 0 Å². The van der Waals surface area contributed by atoms with Crippen LogP contribution in [-0.2, 0) is 0 Å². The van der Waals surface area contributed by atoms with Crippen LogP contribution in [0.4, 0.5) is 5.69 Å². The molecule has 0 bridgehead atoms. The summed E-state index contributed by atoms with van der Waals surface area (Å²) >= 11 is 5.95. The molecular formula is C18H22ClN. The van der Waals surface area contributed by atoms with E-state index in [1.807, 2.05) is 12.1 Å². The van der Waals surface area contributed by atoms with Crippen LogP contribution in [0.5, 0.6) is 0 Å². The van der Waals surface area contributed by atoms with Gasteiger partial charge in [0.25, 0.3) is 0 Å². The van der Waals surface area contributed by atoms with Gasteiger partial charge in [-0.05, 0) is 47.7 Å². The summed E-state index contributed by atoms with van der Waals surface area (Å²) in [7, 11) is 0. The SMILES string of the molecule is CCC(Nc1cccc(C(C)C)c1)c1ccc(Cl)cc1. The molecular weight excluding hydrogens is 266 g/mol. The first-order valence-electron chi connectivity index (χ1n) is 7.22. The predicted molar refractivity (Wildman–Crippen MR) is 88.6 cm³/mol. The van der Waals surface area contributed by atoms with E-state index in [2.05, 4.69) is 62.5 Å². The molecule has 1 unspecified atom stereocenters. The third-order valence-electron chi connectivity index (χ3n) is 3.57. The average molecular weight is 288 g/mol. The molecule has 0 amide bonds. The van der Waals surface area contributed by atoms with Crippen LogP contribution < -0.4 is 5.32 Å². The zero-order valence-corrected chi connectivity index (χ0v) is 13.1. The summed E-state index contributed by atoms with van der Waals surface area (Å²) in [5, 5.41) is 4.40. The van der Waals surface area contributed by atoms with Crippen molar-refractivity contribution in [3.63, 3.8) is 0 Å². The number of rotatable bonds is 5. The Morgan fingerprint density at radius 1 is 1.00 bits per heavy atom. The monoisotopic (exact) mass is 287 g/mol. The quantitative estimate of drug-likeness (QED) is 0.708. The molecule has 2 aromatic carbocycles. The molecule has 0 fully saturated rings. The molecule has 0 spiro atoms. The van der Waals surface area contributed by atoms with Gasteiger partial charge in [0.1, 0.15) is 0 Å². The van der Waals surface area contributed by atoms with Crippen LogP contribution in [0.1, 0.15) is 50.3 Å². The van der Waals surface area contributed by atoms with E-state index in [0.717, 1.165) is 11.4 Å². The average Bonchev–Trinajstić information content (AvgIpc) is 2.46. The molecule has 20 heavy (non-hydrogen) atoms. The lowest BCUT2D eigenvalue weighted by Gasteiger charge is -2.20. The molecule has 0 aliphatic rings. The Morgan fingerprint density at radius 3 is 2.30 bits per heavy atom. The Labute approximate surface area is 127 Å². The smallest absolute Gasteiger partial charge is 0.0511 e. The summed E-state index contributed by atoms with van der Waals surface area (Å²) in [5.74, 6) is 0.548. The topological polar surface area (TPSA) is 12.0 Å². The van der Waals surface area contributed by atoms with Crippen LogP contribution in [0, 0.1) is 0 Å². The van der Waals surface area contributed by atoms with E-state index in [0.29, 0.717) is 12.0 Å². The van der Waals surface area contributed by atoms with E-state index in [-0.39, 0.29) is 0 Å². The highest BCUT2D eigenvalue weighted by molar-refractivity contribution is 6.30. The Kier molecular flexibility index (Phi) is 5.08. The molecule has 0 heterocycles. The minimum atomic E-state index is 0.315. The van der Waals surface area contributed by atoms with Crippen molar-refractivity contribution < 1.29 is 0 Å². The molecule has 2 aromatic rings. The summed E-state index contributed by atoms with van der Waals surface area (Å²) in [6, 6.07) is 17.1. The summed E-state index contributed by atoms with van der Waals surface area (Å²) in [5.41, 5.74) is 3.81. The van der Waals surface area contributed by atoms with Crippen molar-refractivity contribution in [1.82, 2.24) is 0 Å². The Morgan fingerprint density at radius 2 is 1.70 bits per heavy atom. The van der Waals surface area contributed by atoms with E-state index in [4.69, 9.17) is 11.6 Å². The number of halogens is 1. The maximum absolute atomic E-state index is 5.95. The van der Waals surface area contributed by atoms with Crippen molar-refractivity contribution in [1.29, 1.82) is 0 Å². The van der Waals surface area contributed by atoms with E-state index in [9.17, 15) is 0 Å². The van der Waals surface area contributed by atoms with Gasteiger partial charge in [-0.25, -0.2) is 0 Å². The van der Waals surface area contributed by atoms with Gasteiger partial charge in [-0.1, -0.05) is 56.6 Å². The minimum Gasteiger partial charge on any atom is -0.378 e. The Bertz CT molecular complexity index is 546. The maximum Gasteiger partial charge on any atom is 0.0511 e. The van der Waals surface area contributed by atoms with Gasteiger partial charge in [-0.2, -0.15) is 0 Å². The van der Waals surface area contributed by atoms with Crippen LogP contribution in [0.3, 0.4) is 0 Å². The van der Waals surface area contributed by atoms with Gasteiger partial charge in [-0.3, -0.25) is 0 Å². The predicted octanol–water partition coefficient (Wildman–Crippen LogP) is 6.03. The van der Waals surface area contributed by atoms with E-state index in [1.165, 1.54) is 16.8 Å². The lowest BCUT2D eigenvalue weighted by Crippen LogP contribution is -2.09. The third-order valence-corrected chi connectivity index (χ3v) is 3.83. The summed E-state index contributed by atoms with van der Waals surface area (Å²) in [6.07, 6.45) is 1.04. The molecule has 1 atom stereocenters. The molecule has 1 N–H and O–H groups in total. The lowest BCUT2D eigenvalue weighted by atomic mass is 10.0. The van der Waals surface area contributed by atoms with Crippen LogP contribution in [0.25, 0.3) is 0 Å². The Hall–Kier alpha value is -1.47.